The van der Waals surface area contributed by atoms with Gasteiger partial charge in [-0.3, -0.25) is 14.5 Å². The van der Waals surface area contributed by atoms with Crippen LogP contribution in [0.15, 0.2) is 48.5 Å². The molecule has 8 heteroatoms. The first-order valence-corrected chi connectivity index (χ1v) is 9.17. The summed E-state index contributed by atoms with van der Waals surface area (Å²) in [6, 6.07) is 12.7. The van der Waals surface area contributed by atoms with Gasteiger partial charge in [0.15, 0.2) is 0 Å². The fourth-order valence-electron chi connectivity index (χ4n) is 3.60. The van der Waals surface area contributed by atoms with Gasteiger partial charge < -0.3 is 9.84 Å². The fourth-order valence-corrected chi connectivity index (χ4v) is 3.60. The maximum atomic E-state index is 13.2. The number of anilines is 1. The summed E-state index contributed by atoms with van der Waals surface area (Å²) in [7, 11) is 0. The van der Waals surface area contributed by atoms with E-state index in [0.717, 1.165) is 4.90 Å². The van der Waals surface area contributed by atoms with Crippen LogP contribution in [0.3, 0.4) is 0 Å². The molecule has 0 saturated heterocycles. The maximum absolute atomic E-state index is 13.2. The largest absolute Gasteiger partial charge is 0.506 e. The Morgan fingerprint density at radius 1 is 1.00 bits per heavy atom. The van der Waals surface area contributed by atoms with E-state index in [2.05, 4.69) is 4.94 Å². The summed E-state index contributed by atoms with van der Waals surface area (Å²) in [5, 5.41) is 11.7. The van der Waals surface area contributed by atoms with Crippen LogP contribution in [-0.4, -0.2) is 29.5 Å². The lowest BCUT2D eigenvalue weighted by molar-refractivity contribution is -0.182. The first kappa shape index (κ1) is 19.4. The van der Waals surface area contributed by atoms with Gasteiger partial charge in [0.2, 0.25) is 0 Å². The third-order valence-electron chi connectivity index (χ3n) is 4.89. The summed E-state index contributed by atoms with van der Waals surface area (Å²) in [5.74, 6) is -2.41. The van der Waals surface area contributed by atoms with Crippen molar-refractivity contribution in [1.29, 1.82) is 0 Å². The predicted octanol–water partition coefficient (Wildman–Crippen LogP) is 3.71. The Morgan fingerprint density at radius 2 is 1.63 bits per heavy atom. The van der Waals surface area contributed by atoms with Crippen molar-refractivity contribution in [2.75, 3.05) is 11.5 Å². The van der Waals surface area contributed by atoms with Crippen LogP contribution in [0.2, 0.25) is 0 Å². The van der Waals surface area contributed by atoms with E-state index in [0.29, 0.717) is 16.3 Å². The summed E-state index contributed by atoms with van der Waals surface area (Å²) in [5.41, 5.74) is 0.571. The van der Waals surface area contributed by atoms with Crippen molar-refractivity contribution >= 4 is 34.2 Å². The molecule has 0 saturated carbocycles. The van der Waals surface area contributed by atoms with Crippen LogP contribution >= 0.6 is 0 Å². The zero-order valence-corrected chi connectivity index (χ0v) is 15.8. The molecule has 2 amide bonds. The van der Waals surface area contributed by atoms with E-state index < -0.39 is 17.8 Å². The normalized spacial score (nSPS) is 12.9. The molecule has 4 rings (SSSR count). The third kappa shape index (κ3) is 2.93. The molecule has 30 heavy (non-hydrogen) atoms. The molecule has 0 radical (unpaired) electrons. The highest BCUT2D eigenvalue weighted by molar-refractivity contribution is 6.38. The topological polar surface area (TPSA) is 93.1 Å². The predicted molar refractivity (Wildman–Crippen MR) is 105 cm³/mol. The van der Waals surface area contributed by atoms with Crippen LogP contribution in [0.5, 0.6) is 11.5 Å². The molecule has 1 aliphatic heterocycles. The number of aromatic hydroxyl groups is 1. The number of fused-ring (bicyclic) bond motifs is 2. The summed E-state index contributed by atoms with van der Waals surface area (Å²) >= 11 is 0. The summed E-state index contributed by atoms with van der Waals surface area (Å²) in [4.78, 5) is 41.5. The highest BCUT2D eigenvalue weighted by atomic mass is 19.3. The third-order valence-corrected chi connectivity index (χ3v) is 4.89. The molecule has 0 bridgehead atoms. The second kappa shape index (κ2) is 7.47. The van der Waals surface area contributed by atoms with Gasteiger partial charge in [-0.25, -0.2) is 9.69 Å². The Hall–Kier alpha value is -3.94. The first-order chi connectivity index (χ1) is 14.5. The molecule has 152 valence electrons. The monoisotopic (exact) mass is 409 g/mol. The van der Waals surface area contributed by atoms with E-state index in [1.165, 1.54) is 24.3 Å². The Bertz CT molecular complexity index is 1190. The average molecular weight is 409 g/mol. The first-order valence-electron chi connectivity index (χ1n) is 9.17. The van der Waals surface area contributed by atoms with Crippen molar-refractivity contribution in [3.63, 3.8) is 0 Å². The second-order valence-electron chi connectivity index (χ2n) is 6.64. The number of ether oxygens (including phenoxy) is 1. The van der Waals surface area contributed by atoms with E-state index in [9.17, 15) is 24.0 Å². The fraction of sp³-hybridized carbons (Fsp3) is 0.136. The minimum Gasteiger partial charge on any atom is -0.506 e. The van der Waals surface area contributed by atoms with E-state index in [1.54, 1.807) is 31.2 Å². The number of carbonyl (C=O) groups excluding carboxylic acids is 3. The number of hydrogen-bond acceptors (Lipinski definition) is 6. The molecule has 3 aromatic carbocycles. The quantitative estimate of drug-likeness (QED) is 0.646. The molecular weight excluding hydrogens is 393 g/mol. The molecule has 0 spiro atoms. The van der Waals surface area contributed by atoms with E-state index in [-0.39, 0.29) is 41.3 Å². The Morgan fingerprint density at radius 3 is 2.27 bits per heavy atom. The molecule has 0 aromatic heterocycles. The number of benzene rings is 3. The highest BCUT2D eigenvalue weighted by Gasteiger charge is 2.43. The zero-order chi connectivity index (χ0) is 21.4. The number of amides is 2. The number of hydrogen-bond donors (Lipinski definition) is 1. The number of imide groups is 1. The molecule has 1 N–H and O–H groups in total. The number of phenols is 1. The van der Waals surface area contributed by atoms with Gasteiger partial charge in [-0.15, -0.1) is 0 Å². The van der Waals surface area contributed by atoms with Gasteiger partial charge in [0.1, 0.15) is 11.5 Å². The highest BCUT2D eigenvalue weighted by Crippen LogP contribution is 2.45. The van der Waals surface area contributed by atoms with Gasteiger partial charge in [0, 0.05) is 15.3 Å². The van der Waals surface area contributed by atoms with Gasteiger partial charge >= 0.3 is 5.97 Å². The van der Waals surface area contributed by atoms with E-state index in [1.807, 2.05) is 0 Å². The molecule has 7 nitrogen and oxygen atoms in total. The smallest absolute Gasteiger partial charge is 0.353 e. The molecule has 1 aliphatic rings. The molecule has 3 aromatic rings. The van der Waals surface area contributed by atoms with Crippen molar-refractivity contribution in [2.45, 2.75) is 13.3 Å². The van der Waals surface area contributed by atoms with Gasteiger partial charge in [-0.2, -0.15) is 0 Å². The number of carbonyl (C=O) groups is 3. The van der Waals surface area contributed by atoms with Gasteiger partial charge in [-0.1, -0.05) is 36.4 Å². The lowest BCUT2D eigenvalue weighted by atomic mass is 9.99. The van der Waals surface area contributed by atoms with E-state index in [4.69, 9.17) is 4.74 Å². The van der Waals surface area contributed by atoms with Crippen molar-refractivity contribution < 1.29 is 33.7 Å². The van der Waals surface area contributed by atoms with Crippen LogP contribution in [0.25, 0.3) is 10.8 Å². The Balaban J connectivity index is 1.82. The average Bonchev–Trinajstić information content (AvgIpc) is 3.02. The number of rotatable bonds is 5. The summed E-state index contributed by atoms with van der Waals surface area (Å²) < 4.78 is 17.6. The maximum Gasteiger partial charge on any atom is 0.353 e. The van der Waals surface area contributed by atoms with Gasteiger partial charge in [-0.05, 0) is 24.6 Å². The lowest BCUT2D eigenvalue weighted by Crippen LogP contribution is -2.29. The number of phenolic OH excluding ortho intramolecular Hbond substituents is 1. The van der Waals surface area contributed by atoms with E-state index >= 15 is 0 Å². The molecule has 0 atom stereocenters. The molecular formula is C22H16FNO6. The van der Waals surface area contributed by atoms with Crippen LogP contribution in [-0.2, 0) is 16.2 Å². The SMILES string of the molecule is CCOc1c2c(c(O)c3ccccc13)C(=O)N(c1ccc(CC(=O)OF)cc1)C2=O. The van der Waals surface area contributed by atoms with Crippen LogP contribution in [0.4, 0.5) is 10.2 Å². The Kier molecular flexibility index (Phi) is 4.83. The molecule has 1 heterocycles. The standard InChI is InChI=1S/C22H16FNO6/c1-2-29-20-15-6-4-3-5-14(15)19(26)17-18(20)22(28)24(21(17)27)13-9-7-12(8-10-13)11-16(25)30-23/h3-10,26H,2,11H2,1H3. The van der Waals surface area contributed by atoms with Crippen LogP contribution in [0, 0.1) is 0 Å². The Labute approximate surface area is 170 Å². The van der Waals surface area contributed by atoms with Crippen molar-refractivity contribution in [2.24, 2.45) is 0 Å². The molecule has 0 unspecified atom stereocenters. The van der Waals surface area contributed by atoms with Crippen molar-refractivity contribution in [3.8, 4) is 11.5 Å². The minimum atomic E-state index is -1.05. The summed E-state index contributed by atoms with van der Waals surface area (Å²) in [6.07, 6.45) is -0.292. The van der Waals surface area contributed by atoms with Gasteiger partial charge in [0.05, 0.1) is 29.8 Å². The molecule has 0 fully saturated rings. The zero-order valence-electron chi connectivity index (χ0n) is 15.8. The molecule has 0 aliphatic carbocycles. The van der Waals surface area contributed by atoms with Crippen LogP contribution < -0.4 is 9.64 Å². The van der Waals surface area contributed by atoms with Crippen LogP contribution in [0.1, 0.15) is 33.2 Å². The van der Waals surface area contributed by atoms with Gasteiger partial charge in [0.25, 0.3) is 11.8 Å². The second-order valence-corrected chi connectivity index (χ2v) is 6.64. The minimum absolute atomic E-state index is 0.00290. The van der Waals surface area contributed by atoms with Crippen molar-refractivity contribution in [1.82, 2.24) is 0 Å². The van der Waals surface area contributed by atoms with Crippen molar-refractivity contribution in [3.05, 3.63) is 65.2 Å². The number of nitrogens with zero attached hydrogens (tertiary/aromatic N) is 1. The summed E-state index contributed by atoms with van der Waals surface area (Å²) in [6.45, 7) is 2.02. The lowest BCUT2D eigenvalue weighted by Gasteiger charge is -2.14. The number of halogens is 1.